The number of nitrogens with two attached hydrogens (primary N) is 1. The predicted octanol–water partition coefficient (Wildman–Crippen LogP) is 3.96. The van der Waals surface area contributed by atoms with Crippen LogP contribution in [0.4, 0.5) is 11.4 Å². The first kappa shape index (κ1) is 18.9. The van der Waals surface area contributed by atoms with Gasteiger partial charge in [-0.3, -0.25) is 14.2 Å². The van der Waals surface area contributed by atoms with Crippen molar-refractivity contribution in [3.8, 4) is 0 Å². The van der Waals surface area contributed by atoms with E-state index in [4.69, 9.17) is 5.73 Å². The van der Waals surface area contributed by atoms with E-state index in [1.807, 2.05) is 38.1 Å². The van der Waals surface area contributed by atoms with Gasteiger partial charge in [-0.2, -0.15) is 0 Å². The Balaban J connectivity index is 1.54. The van der Waals surface area contributed by atoms with Crippen molar-refractivity contribution in [3.63, 3.8) is 0 Å². The van der Waals surface area contributed by atoms with Gasteiger partial charge in [-0.25, -0.2) is 4.98 Å². The number of carbonyl (C=O) groups excluding carboxylic acids is 1. The van der Waals surface area contributed by atoms with Crippen LogP contribution >= 0.6 is 11.3 Å². The Morgan fingerprint density at radius 1 is 1.14 bits per heavy atom. The summed E-state index contributed by atoms with van der Waals surface area (Å²) in [6.07, 6.45) is 1.58. The number of nitrogens with zero attached hydrogens (tertiary/aromatic N) is 2. The highest BCUT2D eigenvalue weighted by molar-refractivity contribution is 7.18. The summed E-state index contributed by atoms with van der Waals surface area (Å²) in [6, 6.07) is 14.3. The summed E-state index contributed by atoms with van der Waals surface area (Å²) >= 11 is 1.54. The summed E-state index contributed by atoms with van der Waals surface area (Å²) in [5.74, 6) is -0.237. The topological polar surface area (TPSA) is 90.0 Å². The third kappa shape index (κ3) is 3.64. The molecule has 2 heterocycles. The zero-order chi connectivity index (χ0) is 20.5. The SMILES string of the molecule is Cc1sc2ncn(Cc3ccc(C(=O)Nc4ccccc4N)cc3)c(=O)c2c1C. The first-order chi connectivity index (χ1) is 13.9. The minimum Gasteiger partial charge on any atom is -0.397 e. The fourth-order valence-corrected chi connectivity index (χ4v) is 4.13. The number of aromatic nitrogens is 2. The first-order valence-electron chi connectivity index (χ1n) is 9.14. The highest BCUT2D eigenvalue weighted by Gasteiger charge is 2.13. The maximum Gasteiger partial charge on any atom is 0.262 e. The summed E-state index contributed by atoms with van der Waals surface area (Å²) in [5, 5.41) is 3.49. The van der Waals surface area contributed by atoms with E-state index in [1.54, 1.807) is 35.2 Å². The molecular weight excluding hydrogens is 384 g/mol. The van der Waals surface area contributed by atoms with Crippen LogP contribution in [0.1, 0.15) is 26.4 Å². The summed E-state index contributed by atoms with van der Waals surface area (Å²) < 4.78 is 1.60. The molecule has 1 amide bonds. The Kier molecular flexibility index (Phi) is 4.90. The summed E-state index contributed by atoms with van der Waals surface area (Å²) in [5.41, 5.74) is 9.33. The number of thiophene rings is 1. The fourth-order valence-electron chi connectivity index (χ4n) is 3.15. The normalized spacial score (nSPS) is 11.0. The fraction of sp³-hybridized carbons (Fsp3) is 0.136. The Bertz CT molecular complexity index is 1270. The molecule has 0 saturated heterocycles. The van der Waals surface area contributed by atoms with Gasteiger partial charge in [-0.05, 0) is 49.2 Å². The lowest BCUT2D eigenvalue weighted by atomic mass is 10.1. The molecule has 4 rings (SSSR count). The molecule has 146 valence electrons. The van der Waals surface area contributed by atoms with Crippen molar-refractivity contribution in [2.75, 3.05) is 11.1 Å². The van der Waals surface area contributed by atoms with Crippen molar-refractivity contribution in [2.24, 2.45) is 0 Å². The molecule has 0 aliphatic rings. The third-order valence-corrected chi connectivity index (χ3v) is 6.05. The van der Waals surface area contributed by atoms with Gasteiger partial charge in [0.2, 0.25) is 0 Å². The van der Waals surface area contributed by atoms with Crippen LogP contribution in [0.5, 0.6) is 0 Å². The van der Waals surface area contributed by atoms with E-state index in [9.17, 15) is 9.59 Å². The summed E-state index contributed by atoms with van der Waals surface area (Å²) in [4.78, 5) is 31.6. The van der Waals surface area contributed by atoms with Gasteiger partial charge in [-0.1, -0.05) is 24.3 Å². The lowest BCUT2D eigenvalue weighted by Crippen LogP contribution is -2.21. The van der Waals surface area contributed by atoms with Gasteiger partial charge < -0.3 is 11.1 Å². The molecule has 0 aliphatic heterocycles. The third-order valence-electron chi connectivity index (χ3n) is 4.93. The minimum absolute atomic E-state index is 0.0433. The number of benzene rings is 2. The van der Waals surface area contributed by atoms with Crippen LogP contribution in [0.3, 0.4) is 0 Å². The quantitative estimate of drug-likeness (QED) is 0.504. The molecule has 0 aliphatic carbocycles. The molecule has 0 radical (unpaired) electrons. The number of nitrogen functional groups attached to an aromatic ring is 1. The Hall–Kier alpha value is -3.45. The van der Waals surface area contributed by atoms with Crippen molar-refractivity contribution in [2.45, 2.75) is 20.4 Å². The van der Waals surface area contributed by atoms with E-state index >= 15 is 0 Å². The standard InChI is InChI=1S/C22H20N4O2S/c1-13-14(2)29-21-19(13)22(28)26(12-24-21)11-15-7-9-16(10-8-15)20(27)25-18-6-4-3-5-17(18)23/h3-10,12H,11,23H2,1-2H3,(H,25,27). The van der Waals surface area contributed by atoms with Gasteiger partial charge in [0.15, 0.2) is 0 Å². The monoisotopic (exact) mass is 404 g/mol. The second kappa shape index (κ2) is 7.52. The molecule has 4 aromatic rings. The lowest BCUT2D eigenvalue weighted by molar-refractivity contribution is 0.102. The molecule has 0 bridgehead atoms. The number of para-hydroxylation sites is 2. The lowest BCUT2D eigenvalue weighted by Gasteiger charge is -2.09. The van der Waals surface area contributed by atoms with Crippen molar-refractivity contribution >= 4 is 38.8 Å². The smallest absolute Gasteiger partial charge is 0.262 e. The van der Waals surface area contributed by atoms with Crippen molar-refractivity contribution in [1.29, 1.82) is 0 Å². The van der Waals surface area contributed by atoms with E-state index in [0.717, 1.165) is 20.8 Å². The van der Waals surface area contributed by atoms with Crippen LogP contribution in [0, 0.1) is 13.8 Å². The highest BCUT2D eigenvalue weighted by Crippen LogP contribution is 2.25. The molecule has 6 nitrogen and oxygen atoms in total. The van der Waals surface area contributed by atoms with Gasteiger partial charge in [0.1, 0.15) is 4.83 Å². The molecule has 0 spiro atoms. The van der Waals surface area contributed by atoms with Gasteiger partial charge in [0, 0.05) is 10.4 Å². The zero-order valence-electron chi connectivity index (χ0n) is 16.1. The number of amides is 1. The first-order valence-corrected chi connectivity index (χ1v) is 9.95. The Labute approximate surface area is 171 Å². The number of rotatable bonds is 4. The van der Waals surface area contributed by atoms with Crippen molar-refractivity contribution < 1.29 is 4.79 Å². The average Bonchev–Trinajstić information content (AvgIpc) is 3.01. The van der Waals surface area contributed by atoms with Crippen LogP contribution in [0.15, 0.2) is 59.7 Å². The number of hydrogen-bond donors (Lipinski definition) is 2. The second-order valence-corrected chi connectivity index (χ2v) is 8.08. The molecule has 2 aromatic heterocycles. The number of nitrogens with one attached hydrogen (secondary N) is 1. The average molecular weight is 404 g/mol. The number of anilines is 2. The number of aryl methyl sites for hydroxylation is 2. The van der Waals surface area contributed by atoms with Crippen LogP contribution in [0.25, 0.3) is 10.2 Å². The molecule has 0 atom stereocenters. The van der Waals surface area contributed by atoms with E-state index in [2.05, 4.69) is 10.3 Å². The second-order valence-electron chi connectivity index (χ2n) is 6.88. The van der Waals surface area contributed by atoms with Crippen molar-refractivity contribution in [3.05, 3.63) is 86.8 Å². The molecule has 7 heteroatoms. The van der Waals surface area contributed by atoms with Gasteiger partial charge in [0.05, 0.1) is 29.6 Å². The number of carbonyl (C=O) groups is 1. The summed E-state index contributed by atoms with van der Waals surface area (Å²) in [6.45, 7) is 4.34. The minimum atomic E-state index is -0.237. The van der Waals surface area contributed by atoms with E-state index in [-0.39, 0.29) is 11.5 Å². The van der Waals surface area contributed by atoms with Crippen LogP contribution in [0.2, 0.25) is 0 Å². The Morgan fingerprint density at radius 3 is 2.59 bits per heavy atom. The van der Waals surface area contributed by atoms with E-state index in [1.165, 1.54) is 11.3 Å². The Morgan fingerprint density at radius 2 is 1.86 bits per heavy atom. The van der Waals surface area contributed by atoms with Crippen LogP contribution in [-0.2, 0) is 6.54 Å². The molecule has 2 aromatic carbocycles. The van der Waals surface area contributed by atoms with Gasteiger partial charge >= 0.3 is 0 Å². The van der Waals surface area contributed by atoms with Gasteiger partial charge in [-0.15, -0.1) is 11.3 Å². The van der Waals surface area contributed by atoms with E-state index < -0.39 is 0 Å². The maximum absolute atomic E-state index is 12.8. The molecular formula is C22H20N4O2S. The molecule has 0 unspecified atom stereocenters. The summed E-state index contributed by atoms with van der Waals surface area (Å²) in [7, 11) is 0. The predicted molar refractivity (Wildman–Crippen MR) is 118 cm³/mol. The van der Waals surface area contributed by atoms with Crippen molar-refractivity contribution in [1.82, 2.24) is 9.55 Å². The largest absolute Gasteiger partial charge is 0.397 e. The molecule has 29 heavy (non-hydrogen) atoms. The molecule has 0 saturated carbocycles. The maximum atomic E-state index is 12.8. The highest BCUT2D eigenvalue weighted by atomic mass is 32.1. The molecule has 3 N–H and O–H groups in total. The molecule has 0 fully saturated rings. The van der Waals surface area contributed by atoms with E-state index in [0.29, 0.717) is 28.9 Å². The number of hydrogen-bond acceptors (Lipinski definition) is 5. The van der Waals surface area contributed by atoms with Crippen LogP contribution < -0.4 is 16.6 Å². The van der Waals surface area contributed by atoms with Crippen LogP contribution in [-0.4, -0.2) is 15.5 Å². The number of fused-ring (bicyclic) bond motifs is 1. The zero-order valence-corrected chi connectivity index (χ0v) is 16.9. The van der Waals surface area contributed by atoms with Gasteiger partial charge in [0.25, 0.3) is 11.5 Å².